The Morgan fingerprint density at radius 3 is 2.24 bits per heavy atom. The van der Waals surface area contributed by atoms with Gasteiger partial charge in [0.15, 0.2) is 0 Å². The number of aryl methyl sites for hydroxylation is 1. The number of amides is 1. The summed E-state index contributed by atoms with van der Waals surface area (Å²) in [6, 6.07) is 36.8. The number of rotatable bonds is 10. The molecular weight excluding hydrogens is 598 g/mol. The van der Waals surface area contributed by atoms with E-state index in [9.17, 15) is 13.2 Å². The molecule has 5 aromatic rings. The van der Waals surface area contributed by atoms with Crippen molar-refractivity contribution in [2.75, 3.05) is 28.2 Å². The molecular formula is C37H35N3O5S. The second-order valence-corrected chi connectivity index (χ2v) is 12.7. The first-order valence-corrected chi connectivity index (χ1v) is 16.5. The number of ether oxygens (including phenoxy) is 2. The van der Waals surface area contributed by atoms with Crippen LogP contribution >= 0.6 is 0 Å². The van der Waals surface area contributed by atoms with Gasteiger partial charge in [-0.15, -0.1) is 0 Å². The van der Waals surface area contributed by atoms with Crippen LogP contribution in [0, 0.1) is 6.92 Å². The number of benzene rings is 5. The zero-order chi connectivity index (χ0) is 32.3. The maximum atomic E-state index is 14.7. The zero-order valence-electron chi connectivity index (χ0n) is 25.9. The average Bonchev–Trinajstić information content (AvgIpc) is 3.07. The van der Waals surface area contributed by atoms with Gasteiger partial charge in [0, 0.05) is 17.9 Å². The molecule has 46 heavy (non-hydrogen) atoms. The number of nitrogens with one attached hydrogen (secondary N) is 1. The van der Waals surface area contributed by atoms with Gasteiger partial charge < -0.3 is 14.4 Å². The quantitative estimate of drug-likeness (QED) is 0.171. The predicted molar refractivity (Wildman–Crippen MR) is 181 cm³/mol. The van der Waals surface area contributed by atoms with E-state index in [4.69, 9.17) is 9.47 Å². The summed E-state index contributed by atoms with van der Waals surface area (Å²) in [7, 11) is -2.39. The Morgan fingerprint density at radius 2 is 1.54 bits per heavy atom. The largest absolute Gasteiger partial charge is 0.497 e. The fourth-order valence-electron chi connectivity index (χ4n) is 5.66. The van der Waals surface area contributed by atoms with Crippen LogP contribution in [0.2, 0.25) is 0 Å². The molecule has 1 amide bonds. The molecule has 234 valence electrons. The molecule has 0 unspecified atom stereocenters. The highest BCUT2D eigenvalue weighted by atomic mass is 32.2. The van der Waals surface area contributed by atoms with Crippen LogP contribution in [0.15, 0.2) is 126 Å². The van der Waals surface area contributed by atoms with E-state index >= 15 is 0 Å². The van der Waals surface area contributed by atoms with E-state index in [2.05, 4.69) is 9.62 Å². The molecule has 0 aliphatic carbocycles. The molecule has 1 heterocycles. The van der Waals surface area contributed by atoms with Gasteiger partial charge in [-0.1, -0.05) is 60.2 Å². The third kappa shape index (κ3) is 6.27. The van der Waals surface area contributed by atoms with E-state index in [1.54, 1.807) is 36.3 Å². The lowest BCUT2D eigenvalue weighted by Gasteiger charge is -2.46. The normalized spacial score (nSPS) is 14.5. The van der Waals surface area contributed by atoms with E-state index in [-0.39, 0.29) is 16.4 Å². The summed E-state index contributed by atoms with van der Waals surface area (Å²) in [6.45, 7) is 4.81. The molecule has 6 rings (SSSR count). The monoisotopic (exact) mass is 633 g/mol. The molecule has 9 heteroatoms. The Bertz CT molecular complexity index is 1950. The number of anilines is 3. The van der Waals surface area contributed by atoms with Crippen molar-refractivity contribution in [3.63, 3.8) is 0 Å². The molecule has 0 bridgehead atoms. The second-order valence-electron chi connectivity index (χ2n) is 11.0. The van der Waals surface area contributed by atoms with Crippen molar-refractivity contribution in [2.24, 2.45) is 0 Å². The molecule has 0 fully saturated rings. The van der Waals surface area contributed by atoms with Crippen molar-refractivity contribution >= 4 is 33.0 Å². The van der Waals surface area contributed by atoms with Gasteiger partial charge in [-0.05, 0) is 91.7 Å². The maximum absolute atomic E-state index is 14.7. The number of methoxy groups -OCH3 is 1. The Morgan fingerprint density at radius 1 is 0.804 bits per heavy atom. The zero-order valence-corrected chi connectivity index (χ0v) is 26.7. The van der Waals surface area contributed by atoms with Gasteiger partial charge in [0.25, 0.3) is 15.9 Å². The average molecular weight is 634 g/mol. The van der Waals surface area contributed by atoms with Crippen LogP contribution in [0.25, 0.3) is 0 Å². The summed E-state index contributed by atoms with van der Waals surface area (Å²) in [4.78, 5) is 18.5. The fourth-order valence-corrected chi connectivity index (χ4v) is 6.75. The SMILES string of the molecule is CCOc1ccc(N2C(=O)c3cc(S(=O)(=O)Nc4ccc(C)cc4)ccc3N(Cc3ccccc3)[C@H]2c2cccc(OC)c2)cc1. The highest BCUT2D eigenvalue weighted by Crippen LogP contribution is 2.44. The lowest BCUT2D eigenvalue weighted by Crippen LogP contribution is -2.49. The van der Waals surface area contributed by atoms with Crippen LogP contribution < -0.4 is 24.0 Å². The number of nitrogens with zero attached hydrogens (tertiary/aromatic N) is 2. The van der Waals surface area contributed by atoms with Gasteiger partial charge in [0.2, 0.25) is 0 Å². The van der Waals surface area contributed by atoms with Crippen LogP contribution in [0.5, 0.6) is 11.5 Å². The first-order valence-electron chi connectivity index (χ1n) is 15.0. The van der Waals surface area contributed by atoms with Gasteiger partial charge >= 0.3 is 0 Å². The summed E-state index contributed by atoms with van der Waals surface area (Å²) in [5.74, 6) is 1.01. The Kier molecular flexibility index (Phi) is 8.68. The highest BCUT2D eigenvalue weighted by Gasteiger charge is 2.40. The number of hydrogen-bond donors (Lipinski definition) is 1. The summed E-state index contributed by atoms with van der Waals surface area (Å²) in [6.07, 6.45) is -0.582. The van der Waals surface area contributed by atoms with Gasteiger partial charge in [-0.2, -0.15) is 0 Å². The van der Waals surface area contributed by atoms with E-state index in [0.717, 1.165) is 16.7 Å². The van der Waals surface area contributed by atoms with Crippen LogP contribution in [0.1, 0.15) is 40.1 Å². The van der Waals surface area contributed by atoms with Crippen molar-refractivity contribution in [2.45, 2.75) is 31.5 Å². The molecule has 1 aliphatic rings. The smallest absolute Gasteiger partial charge is 0.262 e. The minimum atomic E-state index is -4.00. The summed E-state index contributed by atoms with van der Waals surface area (Å²) in [5, 5.41) is 0. The van der Waals surface area contributed by atoms with Crippen molar-refractivity contribution in [3.05, 3.63) is 144 Å². The third-order valence-electron chi connectivity index (χ3n) is 7.89. The molecule has 0 aromatic heterocycles. The topological polar surface area (TPSA) is 88.2 Å². The third-order valence-corrected chi connectivity index (χ3v) is 9.27. The number of sulfonamides is 1. The summed E-state index contributed by atoms with van der Waals surface area (Å²) in [5.41, 5.74) is 4.85. The highest BCUT2D eigenvalue weighted by molar-refractivity contribution is 7.92. The molecule has 0 spiro atoms. The number of hydrogen-bond acceptors (Lipinski definition) is 6. The van der Waals surface area contributed by atoms with Crippen LogP contribution in [0.3, 0.4) is 0 Å². The van der Waals surface area contributed by atoms with E-state index < -0.39 is 16.2 Å². The van der Waals surface area contributed by atoms with Gasteiger partial charge in [0.05, 0.1) is 29.9 Å². The molecule has 0 saturated heterocycles. The lowest BCUT2D eigenvalue weighted by atomic mass is 9.99. The Balaban J connectivity index is 1.52. The molecule has 0 saturated carbocycles. The first-order chi connectivity index (χ1) is 22.3. The molecule has 1 N–H and O–H groups in total. The minimum absolute atomic E-state index is 0.00805. The maximum Gasteiger partial charge on any atom is 0.262 e. The summed E-state index contributed by atoms with van der Waals surface area (Å²) < 4.78 is 41.1. The van der Waals surface area contributed by atoms with E-state index in [1.807, 2.05) is 105 Å². The van der Waals surface area contributed by atoms with Gasteiger partial charge in [-0.25, -0.2) is 8.42 Å². The van der Waals surface area contributed by atoms with Crippen LogP contribution in [-0.2, 0) is 16.6 Å². The standard InChI is InChI=1S/C37H35N3O5S/c1-4-45-31-19-17-30(18-20-31)40-36(28-11-8-12-32(23-28)44-3)39(25-27-9-6-5-7-10-27)35-22-21-33(24-34(35)37(40)41)46(42,43)38-29-15-13-26(2)14-16-29/h5-24,36,38H,4,25H2,1-3H3/t36-/m1/s1. The molecule has 1 atom stereocenters. The molecule has 5 aromatic carbocycles. The van der Waals surface area contributed by atoms with E-state index in [1.165, 1.54) is 6.07 Å². The van der Waals surface area contributed by atoms with Crippen molar-refractivity contribution in [1.82, 2.24) is 0 Å². The van der Waals surface area contributed by atoms with Crippen molar-refractivity contribution in [1.29, 1.82) is 0 Å². The number of fused-ring (bicyclic) bond motifs is 1. The van der Waals surface area contributed by atoms with Crippen molar-refractivity contribution in [3.8, 4) is 11.5 Å². The molecule has 8 nitrogen and oxygen atoms in total. The number of carbonyl (C=O) groups is 1. The van der Waals surface area contributed by atoms with E-state index in [0.29, 0.717) is 41.7 Å². The lowest BCUT2D eigenvalue weighted by molar-refractivity contribution is 0.0968. The van der Waals surface area contributed by atoms with Gasteiger partial charge in [-0.3, -0.25) is 14.4 Å². The Hall–Kier alpha value is -5.28. The summed E-state index contributed by atoms with van der Waals surface area (Å²) >= 11 is 0. The van der Waals surface area contributed by atoms with Gasteiger partial charge in [0.1, 0.15) is 17.7 Å². The second kappa shape index (κ2) is 13.0. The number of carbonyl (C=O) groups excluding carboxylic acids is 1. The predicted octanol–water partition coefficient (Wildman–Crippen LogP) is 7.57. The fraction of sp³-hybridized carbons (Fsp3) is 0.162. The Labute approximate surface area is 269 Å². The van der Waals surface area contributed by atoms with Crippen molar-refractivity contribution < 1.29 is 22.7 Å². The minimum Gasteiger partial charge on any atom is -0.497 e. The molecule has 0 radical (unpaired) electrons. The van der Waals surface area contributed by atoms with Crippen LogP contribution in [0.4, 0.5) is 17.1 Å². The first kappa shape index (κ1) is 30.7. The molecule has 1 aliphatic heterocycles. The van der Waals surface area contributed by atoms with Crippen LogP contribution in [-0.4, -0.2) is 28.0 Å².